The van der Waals surface area contributed by atoms with E-state index in [1.807, 2.05) is 30.3 Å². The predicted octanol–water partition coefficient (Wildman–Crippen LogP) is 3.51. The fourth-order valence-electron chi connectivity index (χ4n) is 1.94. The van der Waals surface area contributed by atoms with Gasteiger partial charge < -0.3 is 10.1 Å². The number of hydrogen-bond donors (Lipinski definition) is 1. The maximum absolute atomic E-state index is 8.80. The van der Waals surface area contributed by atoms with Crippen molar-refractivity contribution in [2.24, 2.45) is 0 Å². The third-order valence-corrected chi connectivity index (χ3v) is 3.36. The molecule has 0 aliphatic carbocycles. The highest BCUT2D eigenvalue weighted by Gasteiger charge is 2.04. The minimum Gasteiger partial charge on any atom is -0.496 e. The highest BCUT2D eigenvalue weighted by Crippen LogP contribution is 2.19. The van der Waals surface area contributed by atoms with Crippen molar-refractivity contribution in [1.82, 2.24) is 5.32 Å². The lowest BCUT2D eigenvalue weighted by Gasteiger charge is -2.10. The third-order valence-electron chi connectivity index (χ3n) is 3.01. The summed E-state index contributed by atoms with van der Waals surface area (Å²) in [4.78, 5) is 0. The number of nitrogens with zero attached hydrogens (tertiary/aromatic N) is 1. The van der Waals surface area contributed by atoms with E-state index in [4.69, 9.17) is 21.6 Å². The Balaban J connectivity index is 1.98. The molecule has 2 rings (SSSR count). The molecule has 0 amide bonds. The maximum Gasteiger partial charge on any atom is 0.123 e. The molecule has 0 aliphatic rings. The van der Waals surface area contributed by atoms with E-state index in [0.29, 0.717) is 23.7 Å². The molecule has 0 atom stereocenters. The van der Waals surface area contributed by atoms with Gasteiger partial charge in [-0.1, -0.05) is 35.9 Å². The van der Waals surface area contributed by atoms with Gasteiger partial charge in [0.2, 0.25) is 0 Å². The zero-order valence-electron chi connectivity index (χ0n) is 11.2. The smallest absolute Gasteiger partial charge is 0.123 e. The normalized spacial score (nSPS) is 10.1. The van der Waals surface area contributed by atoms with Crippen molar-refractivity contribution in [1.29, 1.82) is 5.26 Å². The quantitative estimate of drug-likeness (QED) is 0.915. The van der Waals surface area contributed by atoms with Gasteiger partial charge >= 0.3 is 0 Å². The van der Waals surface area contributed by atoms with Crippen LogP contribution in [-0.4, -0.2) is 7.11 Å². The van der Waals surface area contributed by atoms with Gasteiger partial charge in [0.25, 0.3) is 0 Å². The van der Waals surface area contributed by atoms with E-state index >= 15 is 0 Å². The molecule has 2 aromatic carbocycles. The minimum absolute atomic E-state index is 0.573. The van der Waals surface area contributed by atoms with Crippen molar-refractivity contribution >= 4 is 11.6 Å². The molecule has 0 aliphatic heterocycles. The van der Waals surface area contributed by atoms with Crippen molar-refractivity contribution in [2.75, 3.05) is 7.11 Å². The van der Waals surface area contributed by atoms with Crippen LogP contribution in [0, 0.1) is 11.3 Å². The first kappa shape index (κ1) is 14.4. The summed E-state index contributed by atoms with van der Waals surface area (Å²) in [6, 6.07) is 15.3. The predicted molar refractivity (Wildman–Crippen MR) is 79.7 cm³/mol. The van der Waals surface area contributed by atoms with E-state index in [0.717, 1.165) is 16.9 Å². The molecule has 0 bridgehead atoms. The van der Waals surface area contributed by atoms with E-state index in [9.17, 15) is 0 Å². The number of benzene rings is 2. The molecule has 0 radical (unpaired) electrons. The number of nitrogens with one attached hydrogen (secondary N) is 1. The van der Waals surface area contributed by atoms with E-state index in [2.05, 4.69) is 11.4 Å². The Bertz CT molecular complexity index is 635. The second-order valence-electron chi connectivity index (χ2n) is 4.33. The van der Waals surface area contributed by atoms with Crippen molar-refractivity contribution < 1.29 is 4.74 Å². The van der Waals surface area contributed by atoms with Crippen molar-refractivity contribution in [2.45, 2.75) is 13.1 Å². The monoisotopic (exact) mass is 286 g/mol. The van der Waals surface area contributed by atoms with Crippen molar-refractivity contribution in [3.8, 4) is 11.8 Å². The topological polar surface area (TPSA) is 45.0 Å². The summed E-state index contributed by atoms with van der Waals surface area (Å²) in [5.74, 6) is 0.867. The second-order valence-corrected chi connectivity index (χ2v) is 4.74. The summed E-state index contributed by atoms with van der Waals surface area (Å²) >= 11 is 6.13. The van der Waals surface area contributed by atoms with E-state index in [-0.39, 0.29) is 0 Å². The summed E-state index contributed by atoms with van der Waals surface area (Å²) in [5, 5.41) is 12.7. The fourth-order valence-corrected chi connectivity index (χ4v) is 2.19. The standard InChI is InChI=1S/C16H15ClN2O/c1-20-16-5-3-2-4-14(16)11-19-10-13-7-6-12(9-18)8-15(13)17/h2-8,19H,10-11H2,1H3. The van der Waals surface area contributed by atoms with Crippen LogP contribution in [-0.2, 0) is 13.1 Å². The van der Waals surface area contributed by atoms with Gasteiger partial charge in [0.1, 0.15) is 5.75 Å². The number of para-hydroxylation sites is 1. The lowest BCUT2D eigenvalue weighted by atomic mass is 10.1. The van der Waals surface area contributed by atoms with Crippen LogP contribution in [0.3, 0.4) is 0 Å². The van der Waals surface area contributed by atoms with Gasteiger partial charge in [-0.3, -0.25) is 0 Å². The van der Waals surface area contributed by atoms with Crippen LogP contribution >= 0.6 is 11.6 Å². The molecule has 0 unspecified atom stereocenters. The van der Waals surface area contributed by atoms with Crippen molar-refractivity contribution in [3.05, 3.63) is 64.2 Å². The van der Waals surface area contributed by atoms with Gasteiger partial charge in [-0.15, -0.1) is 0 Å². The Morgan fingerprint density at radius 2 is 1.90 bits per heavy atom. The van der Waals surface area contributed by atoms with Crippen LogP contribution < -0.4 is 10.1 Å². The number of ether oxygens (including phenoxy) is 1. The van der Waals surface area contributed by atoms with Gasteiger partial charge in [0.15, 0.2) is 0 Å². The van der Waals surface area contributed by atoms with E-state index in [1.165, 1.54) is 0 Å². The Morgan fingerprint density at radius 1 is 1.15 bits per heavy atom. The third kappa shape index (κ3) is 3.51. The molecule has 3 nitrogen and oxygen atoms in total. The molecule has 4 heteroatoms. The number of rotatable bonds is 5. The molecule has 0 spiro atoms. The van der Waals surface area contributed by atoms with Gasteiger partial charge in [-0.2, -0.15) is 5.26 Å². The van der Waals surface area contributed by atoms with Crippen LogP contribution in [0.1, 0.15) is 16.7 Å². The van der Waals surface area contributed by atoms with Gasteiger partial charge in [-0.25, -0.2) is 0 Å². The fraction of sp³-hybridized carbons (Fsp3) is 0.188. The average molecular weight is 287 g/mol. The first-order valence-electron chi connectivity index (χ1n) is 6.25. The molecule has 1 N–H and O–H groups in total. The lowest BCUT2D eigenvalue weighted by molar-refractivity contribution is 0.407. The number of nitriles is 1. The Morgan fingerprint density at radius 3 is 2.60 bits per heavy atom. The van der Waals surface area contributed by atoms with Crippen LogP contribution in [0.2, 0.25) is 5.02 Å². The number of hydrogen-bond acceptors (Lipinski definition) is 3. The molecule has 0 saturated heterocycles. The number of methoxy groups -OCH3 is 1. The summed E-state index contributed by atoms with van der Waals surface area (Å²) < 4.78 is 5.30. The molecular formula is C16H15ClN2O. The van der Waals surface area contributed by atoms with E-state index < -0.39 is 0 Å². The number of halogens is 1. The summed E-state index contributed by atoms with van der Waals surface area (Å²) in [7, 11) is 1.66. The molecule has 0 aromatic heterocycles. The lowest BCUT2D eigenvalue weighted by Crippen LogP contribution is -2.13. The second kappa shape index (κ2) is 6.95. The molecule has 20 heavy (non-hydrogen) atoms. The first-order valence-corrected chi connectivity index (χ1v) is 6.63. The Kier molecular flexibility index (Phi) is 5.00. The zero-order chi connectivity index (χ0) is 14.4. The summed E-state index contributed by atoms with van der Waals surface area (Å²) in [6.07, 6.45) is 0. The van der Waals surface area contributed by atoms with Crippen LogP contribution in [0.15, 0.2) is 42.5 Å². The molecule has 0 heterocycles. The van der Waals surface area contributed by atoms with Gasteiger partial charge in [0.05, 0.1) is 18.7 Å². The zero-order valence-corrected chi connectivity index (χ0v) is 11.9. The van der Waals surface area contributed by atoms with Gasteiger partial charge in [0, 0.05) is 23.7 Å². The molecule has 2 aromatic rings. The molecule has 0 saturated carbocycles. The van der Waals surface area contributed by atoms with Gasteiger partial charge in [-0.05, 0) is 23.8 Å². The first-order chi connectivity index (χ1) is 9.74. The summed E-state index contributed by atoms with van der Waals surface area (Å²) in [5.41, 5.74) is 2.64. The highest BCUT2D eigenvalue weighted by atomic mass is 35.5. The molecule has 102 valence electrons. The SMILES string of the molecule is COc1ccccc1CNCc1ccc(C#N)cc1Cl. The minimum atomic E-state index is 0.573. The summed E-state index contributed by atoms with van der Waals surface area (Å²) in [6.45, 7) is 1.34. The van der Waals surface area contributed by atoms with Crippen LogP contribution in [0.4, 0.5) is 0 Å². The van der Waals surface area contributed by atoms with Crippen LogP contribution in [0.25, 0.3) is 0 Å². The van der Waals surface area contributed by atoms with Crippen LogP contribution in [0.5, 0.6) is 5.75 Å². The highest BCUT2D eigenvalue weighted by molar-refractivity contribution is 6.31. The molecular weight excluding hydrogens is 272 g/mol. The Hall–Kier alpha value is -2.02. The largest absolute Gasteiger partial charge is 0.496 e. The Labute approximate surface area is 123 Å². The van der Waals surface area contributed by atoms with Crippen molar-refractivity contribution in [3.63, 3.8) is 0 Å². The van der Waals surface area contributed by atoms with E-state index in [1.54, 1.807) is 19.2 Å². The maximum atomic E-state index is 8.80. The molecule has 0 fully saturated rings. The average Bonchev–Trinajstić information content (AvgIpc) is 2.49.